The average Bonchev–Trinajstić information content (AvgIpc) is 2.65. The minimum absolute atomic E-state index is 0.109. The molecular weight excluding hydrogens is 250 g/mol. The van der Waals surface area contributed by atoms with E-state index in [4.69, 9.17) is 12.2 Å². The van der Waals surface area contributed by atoms with Crippen LogP contribution in [-0.2, 0) is 0 Å². The van der Waals surface area contributed by atoms with Crippen LogP contribution < -0.4 is 0 Å². The van der Waals surface area contributed by atoms with Crippen LogP contribution in [0, 0.1) is 13.3 Å². The van der Waals surface area contributed by atoms with Gasteiger partial charge in [-0.05, 0) is 17.7 Å². The van der Waals surface area contributed by atoms with Crippen molar-refractivity contribution in [3.63, 3.8) is 0 Å². The summed E-state index contributed by atoms with van der Waals surface area (Å²) in [5.41, 5.74) is 1.08. The van der Waals surface area contributed by atoms with Crippen LogP contribution in [0.15, 0.2) is 29.6 Å². The molecule has 3 nitrogen and oxygen atoms in total. The van der Waals surface area contributed by atoms with E-state index in [1.54, 1.807) is 12.1 Å². The van der Waals surface area contributed by atoms with Crippen LogP contribution in [0.4, 0.5) is 5.69 Å². The fraction of sp³-hybridized carbons (Fsp3) is 0. The first kappa shape index (κ1) is 10.4. The van der Waals surface area contributed by atoms with Crippen LogP contribution in [0.3, 0.4) is 0 Å². The average molecular weight is 255 g/mol. The molecule has 0 fully saturated rings. The van der Waals surface area contributed by atoms with Crippen LogP contribution in [-0.4, -0.2) is 4.92 Å². The molecule has 0 aliphatic carbocycles. The van der Waals surface area contributed by atoms with Gasteiger partial charge in [0.15, 0.2) is 0 Å². The van der Waals surface area contributed by atoms with Crippen molar-refractivity contribution >= 4 is 40.6 Å². The summed E-state index contributed by atoms with van der Waals surface area (Å²) in [6.07, 6.45) is 0. The molecule has 0 saturated heterocycles. The van der Waals surface area contributed by atoms with Crippen molar-refractivity contribution < 1.29 is 4.92 Å². The van der Waals surface area contributed by atoms with Gasteiger partial charge in [0.1, 0.15) is 3.14 Å². The van der Waals surface area contributed by atoms with Gasteiger partial charge in [0.25, 0.3) is 5.69 Å². The van der Waals surface area contributed by atoms with Crippen molar-refractivity contribution in [2.75, 3.05) is 0 Å². The number of hydrogen-bond donors (Lipinski definition) is 0. The summed E-state index contributed by atoms with van der Waals surface area (Å²) < 4.78 is 0.864. The maximum atomic E-state index is 10.4. The van der Waals surface area contributed by atoms with Gasteiger partial charge in [0, 0.05) is 22.4 Å². The topological polar surface area (TPSA) is 43.1 Å². The Kier molecular flexibility index (Phi) is 2.90. The normalized spacial score (nSPS) is 10.1. The minimum Gasteiger partial charge on any atom is -0.258 e. The third-order valence-electron chi connectivity index (χ3n) is 1.82. The summed E-state index contributed by atoms with van der Waals surface area (Å²) >= 11 is 8.06. The highest BCUT2D eigenvalue weighted by molar-refractivity contribution is 7.76. The molecule has 15 heavy (non-hydrogen) atoms. The van der Waals surface area contributed by atoms with Gasteiger partial charge in [-0.3, -0.25) is 10.1 Å². The van der Waals surface area contributed by atoms with Gasteiger partial charge in [0.2, 0.25) is 0 Å². The number of non-ortho nitro benzene ring substituents is 1. The Morgan fingerprint density at radius 2 is 1.93 bits per heavy atom. The van der Waals surface area contributed by atoms with Crippen LogP contribution >= 0.6 is 34.9 Å². The standard InChI is InChI=1S/C9H5NO2S3/c11-10(12)7-3-1-6(2-4-7)8-5-14-9(13)15-8/h1-5H. The Labute approximate surface area is 98.8 Å². The molecule has 0 bridgehead atoms. The second kappa shape index (κ2) is 4.18. The highest BCUT2D eigenvalue weighted by Crippen LogP contribution is 2.29. The van der Waals surface area contributed by atoms with E-state index in [0.717, 1.165) is 13.6 Å². The lowest BCUT2D eigenvalue weighted by atomic mass is 10.2. The van der Waals surface area contributed by atoms with Crippen molar-refractivity contribution in [2.24, 2.45) is 0 Å². The number of nitro groups is 1. The van der Waals surface area contributed by atoms with Gasteiger partial charge < -0.3 is 0 Å². The number of nitro benzene ring substituents is 1. The zero-order valence-electron chi connectivity index (χ0n) is 7.38. The molecular formula is C9H5NO2S3. The second-order valence-electron chi connectivity index (χ2n) is 2.76. The smallest absolute Gasteiger partial charge is 0.258 e. The number of rotatable bonds is 2. The predicted molar refractivity (Wildman–Crippen MR) is 65.1 cm³/mol. The molecule has 6 heteroatoms. The molecule has 0 atom stereocenters. The van der Waals surface area contributed by atoms with E-state index in [-0.39, 0.29) is 5.69 Å². The maximum absolute atomic E-state index is 10.4. The Morgan fingerprint density at radius 3 is 2.40 bits per heavy atom. The predicted octanol–water partition coefficient (Wildman–Crippen LogP) is 4.11. The van der Waals surface area contributed by atoms with Crippen LogP contribution in [0.2, 0.25) is 0 Å². The van der Waals surface area contributed by atoms with Crippen LogP contribution in [0.1, 0.15) is 0 Å². The molecule has 76 valence electrons. The fourth-order valence-electron chi connectivity index (χ4n) is 1.11. The first-order valence-electron chi connectivity index (χ1n) is 4.00. The number of nitrogens with zero attached hydrogens (tertiary/aromatic N) is 1. The largest absolute Gasteiger partial charge is 0.269 e. The van der Waals surface area contributed by atoms with Gasteiger partial charge >= 0.3 is 0 Å². The van der Waals surface area contributed by atoms with E-state index >= 15 is 0 Å². The van der Waals surface area contributed by atoms with Crippen LogP contribution in [0.25, 0.3) is 10.4 Å². The molecule has 0 aliphatic rings. The second-order valence-corrected chi connectivity index (χ2v) is 5.87. The molecule has 0 saturated carbocycles. The van der Waals surface area contributed by atoms with Crippen molar-refractivity contribution in [3.05, 3.63) is 42.9 Å². The molecule has 1 aromatic carbocycles. The molecule has 2 aromatic rings. The molecule has 0 N–H and O–H groups in total. The minimum atomic E-state index is -0.403. The van der Waals surface area contributed by atoms with Crippen LogP contribution in [0.5, 0.6) is 0 Å². The third kappa shape index (κ3) is 2.28. The third-order valence-corrected chi connectivity index (χ3v) is 4.33. The lowest BCUT2D eigenvalue weighted by Gasteiger charge is -1.95. The van der Waals surface area contributed by atoms with Crippen molar-refractivity contribution in [3.8, 4) is 10.4 Å². The van der Waals surface area contributed by atoms with E-state index in [2.05, 4.69) is 0 Å². The number of hydrogen-bond acceptors (Lipinski definition) is 5. The summed E-state index contributed by atoms with van der Waals surface area (Å²) in [4.78, 5) is 11.1. The van der Waals surface area contributed by atoms with E-state index in [9.17, 15) is 10.1 Å². The van der Waals surface area contributed by atoms with Gasteiger partial charge in [-0.15, -0.1) is 22.7 Å². The summed E-state index contributed by atoms with van der Waals surface area (Å²) in [5.74, 6) is 0. The molecule has 0 unspecified atom stereocenters. The van der Waals surface area contributed by atoms with E-state index in [0.29, 0.717) is 0 Å². The summed E-state index contributed by atoms with van der Waals surface area (Å²) in [6, 6.07) is 6.49. The van der Waals surface area contributed by atoms with Crippen molar-refractivity contribution in [1.82, 2.24) is 0 Å². The Hall–Kier alpha value is -1.11. The van der Waals surface area contributed by atoms with Gasteiger partial charge in [-0.2, -0.15) is 0 Å². The maximum Gasteiger partial charge on any atom is 0.269 e. The monoisotopic (exact) mass is 255 g/mol. The lowest BCUT2D eigenvalue weighted by Crippen LogP contribution is -1.86. The molecule has 2 rings (SSSR count). The lowest BCUT2D eigenvalue weighted by molar-refractivity contribution is -0.384. The molecule has 0 radical (unpaired) electrons. The van der Waals surface area contributed by atoms with Crippen molar-refractivity contribution in [2.45, 2.75) is 0 Å². The quantitative estimate of drug-likeness (QED) is 0.460. The zero-order valence-corrected chi connectivity index (χ0v) is 9.82. The van der Waals surface area contributed by atoms with E-state index in [1.165, 1.54) is 34.8 Å². The SMILES string of the molecule is O=[N+]([O-])c1ccc(-c2csc(=S)s2)cc1. The molecule has 0 spiro atoms. The van der Waals surface area contributed by atoms with E-state index in [1.807, 2.05) is 5.38 Å². The Morgan fingerprint density at radius 1 is 1.27 bits per heavy atom. The number of benzene rings is 1. The first-order chi connectivity index (χ1) is 7.16. The van der Waals surface area contributed by atoms with Gasteiger partial charge in [0.05, 0.1) is 4.92 Å². The first-order valence-corrected chi connectivity index (χ1v) is 6.11. The molecule has 1 aromatic heterocycles. The fourth-order valence-corrected chi connectivity index (χ4v) is 3.24. The summed E-state index contributed by atoms with van der Waals surface area (Å²) in [6.45, 7) is 0. The molecule has 1 heterocycles. The highest BCUT2D eigenvalue weighted by atomic mass is 32.2. The molecule has 0 aliphatic heterocycles. The van der Waals surface area contributed by atoms with E-state index < -0.39 is 4.92 Å². The van der Waals surface area contributed by atoms with Gasteiger partial charge in [-0.1, -0.05) is 12.2 Å². The highest BCUT2D eigenvalue weighted by Gasteiger charge is 2.05. The zero-order chi connectivity index (χ0) is 10.8. The Balaban J connectivity index is 2.39. The molecule has 0 amide bonds. The summed E-state index contributed by atoms with van der Waals surface area (Å²) in [7, 11) is 0. The van der Waals surface area contributed by atoms with Crippen molar-refractivity contribution in [1.29, 1.82) is 0 Å². The Bertz CT molecular complexity index is 541. The van der Waals surface area contributed by atoms with Gasteiger partial charge in [-0.25, -0.2) is 0 Å². The summed E-state index contributed by atoms with van der Waals surface area (Å²) in [5, 5.41) is 12.4.